The van der Waals surface area contributed by atoms with Crippen LogP contribution in [0.15, 0.2) is 24.4 Å². The first-order chi connectivity index (χ1) is 6.92. The molecule has 0 saturated heterocycles. The molecular weight excluding hydrogens is 196 g/mol. The molecule has 1 aromatic heterocycles. The monoisotopic (exact) mass is 204 g/mol. The molecule has 0 aliphatic carbocycles. The molecule has 14 heavy (non-hydrogen) atoms. The maximum Gasteiger partial charge on any atom is 0.0662 e. The SMILES string of the molecule is ClCCC#Cc1cccc2[nH]ncc12. The molecule has 2 aromatic rings. The molecule has 0 fully saturated rings. The molecule has 0 spiro atoms. The standard InChI is InChI=1S/C11H9ClN2/c12-7-2-1-4-9-5-3-6-11-10(9)8-13-14-11/h3,5-6,8H,2,7H2,(H,13,14). The number of rotatable bonds is 1. The van der Waals surface area contributed by atoms with Gasteiger partial charge in [0.15, 0.2) is 0 Å². The van der Waals surface area contributed by atoms with Gasteiger partial charge >= 0.3 is 0 Å². The molecule has 0 amide bonds. The Morgan fingerprint density at radius 1 is 1.43 bits per heavy atom. The molecule has 0 atom stereocenters. The third-order valence-electron chi connectivity index (χ3n) is 1.93. The molecule has 0 saturated carbocycles. The summed E-state index contributed by atoms with van der Waals surface area (Å²) in [6.45, 7) is 0. The smallest absolute Gasteiger partial charge is 0.0662 e. The van der Waals surface area contributed by atoms with Crippen LogP contribution >= 0.6 is 11.6 Å². The zero-order chi connectivity index (χ0) is 9.80. The zero-order valence-electron chi connectivity index (χ0n) is 7.55. The molecular formula is C11H9ClN2. The number of benzene rings is 1. The molecule has 0 aliphatic heterocycles. The van der Waals surface area contributed by atoms with Crippen LogP contribution in [0.4, 0.5) is 0 Å². The Balaban J connectivity index is 2.43. The summed E-state index contributed by atoms with van der Waals surface area (Å²) >= 11 is 5.54. The van der Waals surface area contributed by atoms with Crippen LogP contribution in [-0.2, 0) is 0 Å². The minimum Gasteiger partial charge on any atom is -0.278 e. The Morgan fingerprint density at radius 2 is 2.36 bits per heavy atom. The van der Waals surface area contributed by atoms with Crippen LogP contribution in [0.25, 0.3) is 10.9 Å². The van der Waals surface area contributed by atoms with Gasteiger partial charge < -0.3 is 0 Å². The first-order valence-corrected chi connectivity index (χ1v) is 4.92. The Bertz CT molecular complexity index is 490. The Hall–Kier alpha value is -1.46. The lowest BCUT2D eigenvalue weighted by atomic mass is 10.1. The van der Waals surface area contributed by atoms with Gasteiger partial charge in [0.1, 0.15) is 0 Å². The summed E-state index contributed by atoms with van der Waals surface area (Å²) in [5.74, 6) is 6.67. The van der Waals surface area contributed by atoms with Crippen LogP contribution in [0.5, 0.6) is 0 Å². The first kappa shape index (κ1) is 9.11. The van der Waals surface area contributed by atoms with Crippen molar-refractivity contribution in [3.8, 4) is 11.8 Å². The molecule has 0 radical (unpaired) electrons. The van der Waals surface area contributed by atoms with E-state index in [1.165, 1.54) is 0 Å². The highest BCUT2D eigenvalue weighted by Crippen LogP contribution is 2.14. The van der Waals surface area contributed by atoms with Crippen molar-refractivity contribution in [1.29, 1.82) is 0 Å². The van der Waals surface area contributed by atoms with E-state index >= 15 is 0 Å². The lowest BCUT2D eigenvalue weighted by Crippen LogP contribution is -1.76. The molecule has 1 heterocycles. The summed E-state index contributed by atoms with van der Waals surface area (Å²) < 4.78 is 0. The summed E-state index contributed by atoms with van der Waals surface area (Å²) in [6, 6.07) is 5.93. The fourth-order valence-electron chi connectivity index (χ4n) is 1.28. The van der Waals surface area contributed by atoms with Crippen molar-refractivity contribution < 1.29 is 0 Å². The maximum absolute atomic E-state index is 5.54. The van der Waals surface area contributed by atoms with Gasteiger partial charge in [0.05, 0.1) is 11.7 Å². The highest BCUT2D eigenvalue weighted by Gasteiger charge is 1.98. The summed E-state index contributed by atoms with van der Waals surface area (Å²) in [6.07, 6.45) is 2.51. The van der Waals surface area contributed by atoms with Crippen LogP contribution in [0.2, 0.25) is 0 Å². The van der Waals surface area contributed by atoms with Crippen molar-refractivity contribution in [2.75, 3.05) is 5.88 Å². The maximum atomic E-state index is 5.54. The van der Waals surface area contributed by atoms with Crippen molar-refractivity contribution in [2.24, 2.45) is 0 Å². The first-order valence-electron chi connectivity index (χ1n) is 4.39. The molecule has 0 aliphatic rings. The van der Waals surface area contributed by atoms with Gasteiger partial charge in [-0.25, -0.2) is 0 Å². The van der Waals surface area contributed by atoms with Crippen LogP contribution < -0.4 is 0 Å². The minimum atomic E-state index is 0.578. The largest absolute Gasteiger partial charge is 0.278 e. The number of hydrogen-bond donors (Lipinski definition) is 1. The number of alkyl halides is 1. The number of fused-ring (bicyclic) bond motifs is 1. The second-order valence-electron chi connectivity index (χ2n) is 2.88. The molecule has 1 aromatic carbocycles. The van der Waals surface area contributed by atoms with Crippen molar-refractivity contribution in [1.82, 2.24) is 10.2 Å². The van der Waals surface area contributed by atoms with E-state index < -0.39 is 0 Å². The van der Waals surface area contributed by atoms with Crippen LogP contribution in [0, 0.1) is 11.8 Å². The number of H-pyrrole nitrogens is 1. The number of nitrogens with one attached hydrogen (secondary N) is 1. The zero-order valence-corrected chi connectivity index (χ0v) is 8.30. The second kappa shape index (κ2) is 4.17. The molecule has 0 bridgehead atoms. The van der Waals surface area contributed by atoms with E-state index in [1.54, 1.807) is 6.20 Å². The van der Waals surface area contributed by atoms with Crippen LogP contribution in [-0.4, -0.2) is 16.1 Å². The van der Waals surface area contributed by atoms with Gasteiger partial charge in [-0.3, -0.25) is 5.10 Å². The van der Waals surface area contributed by atoms with E-state index in [9.17, 15) is 0 Å². The number of hydrogen-bond acceptors (Lipinski definition) is 1. The Kier molecular flexibility index (Phi) is 2.71. The highest BCUT2D eigenvalue weighted by atomic mass is 35.5. The summed E-state index contributed by atoms with van der Waals surface area (Å²) in [4.78, 5) is 0. The molecule has 2 rings (SSSR count). The van der Waals surface area contributed by atoms with Gasteiger partial charge in [-0.1, -0.05) is 17.9 Å². The van der Waals surface area contributed by atoms with E-state index in [0.717, 1.165) is 22.9 Å². The average molecular weight is 205 g/mol. The minimum absolute atomic E-state index is 0.578. The van der Waals surface area contributed by atoms with Crippen LogP contribution in [0.3, 0.4) is 0 Å². The molecule has 70 valence electrons. The molecule has 1 N–H and O–H groups in total. The predicted octanol–water partition coefficient (Wildman–Crippen LogP) is 2.54. The van der Waals surface area contributed by atoms with Gasteiger partial charge in [0.25, 0.3) is 0 Å². The van der Waals surface area contributed by atoms with Crippen molar-refractivity contribution >= 4 is 22.5 Å². The van der Waals surface area contributed by atoms with Crippen LogP contribution in [0.1, 0.15) is 12.0 Å². The quantitative estimate of drug-likeness (QED) is 0.561. The van der Waals surface area contributed by atoms with E-state index in [-0.39, 0.29) is 0 Å². The predicted molar refractivity (Wildman–Crippen MR) is 58.3 cm³/mol. The normalized spacial score (nSPS) is 9.79. The van der Waals surface area contributed by atoms with E-state index in [4.69, 9.17) is 11.6 Å². The summed E-state index contributed by atoms with van der Waals surface area (Å²) in [7, 11) is 0. The summed E-state index contributed by atoms with van der Waals surface area (Å²) in [5.41, 5.74) is 2.02. The Labute approximate surface area is 87.3 Å². The van der Waals surface area contributed by atoms with Gasteiger partial charge in [0.2, 0.25) is 0 Å². The number of nitrogens with zero attached hydrogens (tertiary/aromatic N) is 1. The fourth-order valence-corrected chi connectivity index (χ4v) is 1.38. The van der Waals surface area contributed by atoms with Crippen molar-refractivity contribution in [3.05, 3.63) is 30.0 Å². The highest BCUT2D eigenvalue weighted by molar-refractivity contribution is 6.18. The van der Waals surface area contributed by atoms with Gasteiger partial charge in [0, 0.05) is 23.3 Å². The van der Waals surface area contributed by atoms with Gasteiger partial charge in [-0.15, -0.1) is 11.6 Å². The third-order valence-corrected chi connectivity index (χ3v) is 2.12. The second-order valence-corrected chi connectivity index (χ2v) is 3.26. The van der Waals surface area contributed by atoms with Crippen molar-refractivity contribution in [3.63, 3.8) is 0 Å². The molecule has 2 nitrogen and oxygen atoms in total. The third kappa shape index (κ3) is 1.73. The Morgan fingerprint density at radius 3 is 3.21 bits per heavy atom. The molecule has 3 heteroatoms. The average Bonchev–Trinajstić information content (AvgIpc) is 2.67. The number of aromatic amines is 1. The fraction of sp³-hybridized carbons (Fsp3) is 0.182. The molecule has 0 unspecified atom stereocenters. The topological polar surface area (TPSA) is 28.7 Å². The lowest BCUT2D eigenvalue weighted by molar-refractivity contribution is 1.12. The number of halogens is 1. The number of aromatic nitrogens is 2. The van der Waals surface area contributed by atoms with Gasteiger partial charge in [-0.05, 0) is 12.1 Å². The van der Waals surface area contributed by atoms with Crippen molar-refractivity contribution in [2.45, 2.75) is 6.42 Å². The van der Waals surface area contributed by atoms with E-state index in [2.05, 4.69) is 22.0 Å². The van der Waals surface area contributed by atoms with Gasteiger partial charge in [-0.2, -0.15) is 5.10 Å². The van der Waals surface area contributed by atoms with E-state index in [0.29, 0.717) is 5.88 Å². The van der Waals surface area contributed by atoms with E-state index in [1.807, 2.05) is 18.2 Å². The lowest BCUT2D eigenvalue weighted by Gasteiger charge is -1.91. The summed E-state index contributed by atoms with van der Waals surface area (Å²) in [5, 5.41) is 7.94.